The van der Waals surface area contributed by atoms with Crippen LogP contribution in [0.4, 0.5) is 5.82 Å². The van der Waals surface area contributed by atoms with Gasteiger partial charge in [-0.15, -0.1) is 22.7 Å². The highest BCUT2D eigenvalue weighted by atomic mass is 32.1. The molecule has 5 nitrogen and oxygen atoms in total. The number of rotatable bonds is 3. The van der Waals surface area contributed by atoms with Crippen LogP contribution >= 0.6 is 22.7 Å². The van der Waals surface area contributed by atoms with E-state index in [-0.39, 0.29) is 0 Å². The van der Waals surface area contributed by atoms with E-state index in [1.807, 2.05) is 0 Å². The maximum atomic E-state index is 4.56. The van der Waals surface area contributed by atoms with Crippen molar-refractivity contribution in [1.82, 2.24) is 19.9 Å². The molecule has 4 heterocycles. The van der Waals surface area contributed by atoms with E-state index in [1.54, 1.807) is 29.0 Å². The van der Waals surface area contributed by atoms with Crippen molar-refractivity contribution in [3.05, 3.63) is 33.9 Å². The second-order valence-electron chi connectivity index (χ2n) is 5.46. The minimum absolute atomic E-state index is 0.954. The Kier molecular flexibility index (Phi) is 3.77. The van der Waals surface area contributed by atoms with E-state index in [9.17, 15) is 0 Å². The number of thiazole rings is 1. The van der Waals surface area contributed by atoms with Crippen molar-refractivity contribution in [2.75, 3.05) is 31.1 Å². The molecule has 0 saturated carbocycles. The van der Waals surface area contributed by atoms with Gasteiger partial charge in [-0.1, -0.05) is 0 Å². The second-order valence-corrected chi connectivity index (χ2v) is 7.41. The second kappa shape index (κ2) is 5.91. The third-order valence-electron chi connectivity index (χ3n) is 3.96. The molecule has 3 aromatic heterocycles. The Morgan fingerprint density at radius 3 is 2.77 bits per heavy atom. The molecule has 0 N–H and O–H groups in total. The molecule has 0 aliphatic carbocycles. The van der Waals surface area contributed by atoms with Crippen molar-refractivity contribution in [3.8, 4) is 0 Å². The molecule has 0 spiro atoms. The average molecular weight is 331 g/mol. The first kappa shape index (κ1) is 14.0. The summed E-state index contributed by atoms with van der Waals surface area (Å²) in [5.41, 5.74) is 1.19. The minimum Gasteiger partial charge on any atom is -0.353 e. The summed E-state index contributed by atoms with van der Waals surface area (Å²) >= 11 is 3.40. The van der Waals surface area contributed by atoms with Crippen LogP contribution in [0.5, 0.6) is 0 Å². The first-order valence-corrected chi connectivity index (χ1v) is 9.12. The molecular formula is C15H17N5S2. The third kappa shape index (κ3) is 2.71. The molecule has 1 aliphatic rings. The van der Waals surface area contributed by atoms with E-state index in [1.165, 1.54) is 11.1 Å². The summed E-state index contributed by atoms with van der Waals surface area (Å²) < 4.78 is 0. The van der Waals surface area contributed by atoms with Crippen LogP contribution in [0.25, 0.3) is 10.2 Å². The smallest absolute Gasteiger partial charge is 0.140 e. The zero-order valence-corrected chi connectivity index (χ0v) is 14.0. The number of hydrogen-bond acceptors (Lipinski definition) is 7. The Bertz CT molecular complexity index is 773. The van der Waals surface area contributed by atoms with Gasteiger partial charge >= 0.3 is 0 Å². The zero-order valence-electron chi connectivity index (χ0n) is 12.4. The summed E-state index contributed by atoms with van der Waals surface area (Å²) in [4.78, 5) is 19.3. The molecule has 0 unspecified atom stereocenters. The first-order valence-electron chi connectivity index (χ1n) is 7.36. The Labute approximate surface area is 137 Å². The normalized spacial score (nSPS) is 16.5. The zero-order chi connectivity index (χ0) is 14.9. The molecule has 4 rings (SSSR count). The maximum absolute atomic E-state index is 4.56. The highest BCUT2D eigenvalue weighted by Gasteiger charge is 2.20. The largest absolute Gasteiger partial charge is 0.353 e. The van der Waals surface area contributed by atoms with Gasteiger partial charge < -0.3 is 4.90 Å². The molecule has 0 bridgehead atoms. The van der Waals surface area contributed by atoms with Crippen LogP contribution in [0, 0.1) is 6.92 Å². The van der Waals surface area contributed by atoms with Crippen molar-refractivity contribution < 1.29 is 0 Å². The molecule has 7 heteroatoms. The van der Waals surface area contributed by atoms with Crippen LogP contribution < -0.4 is 4.90 Å². The van der Waals surface area contributed by atoms with Crippen molar-refractivity contribution in [1.29, 1.82) is 0 Å². The number of aromatic nitrogens is 3. The van der Waals surface area contributed by atoms with E-state index in [0.29, 0.717) is 0 Å². The topological polar surface area (TPSA) is 45.2 Å². The van der Waals surface area contributed by atoms with Crippen molar-refractivity contribution in [3.63, 3.8) is 0 Å². The number of anilines is 1. The number of piperazine rings is 1. The summed E-state index contributed by atoms with van der Waals surface area (Å²) in [7, 11) is 0. The fourth-order valence-corrected chi connectivity index (χ4v) is 4.19. The third-order valence-corrected chi connectivity index (χ3v) is 5.61. The molecule has 114 valence electrons. The molecule has 0 aromatic carbocycles. The van der Waals surface area contributed by atoms with Crippen LogP contribution in [-0.4, -0.2) is 46.0 Å². The van der Waals surface area contributed by atoms with Gasteiger partial charge in [0.2, 0.25) is 0 Å². The Morgan fingerprint density at radius 2 is 2.00 bits per heavy atom. The molecule has 0 atom stereocenters. The van der Waals surface area contributed by atoms with E-state index >= 15 is 0 Å². The van der Waals surface area contributed by atoms with E-state index in [0.717, 1.165) is 48.4 Å². The monoisotopic (exact) mass is 331 g/mol. The summed E-state index contributed by atoms with van der Waals surface area (Å²) in [5, 5.41) is 6.58. The Hall–Kier alpha value is -1.57. The van der Waals surface area contributed by atoms with Gasteiger partial charge in [0.05, 0.1) is 16.1 Å². The van der Waals surface area contributed by atoms with Crippen LogP contribution in [0.1, 0.15) is 10.7 Å². The van der Waals surface area contributed by atoms with Gasteiger partial charge in [-0.05, 0) is 18.4 Å². The molecule has 1 aliphatic heterocycles. The molecule has 0 amide bonds. The number of fused-ring (bicyclic) bond motifs is 1. The first-order chi connectivity index (χ1) is 10.8. The quantitative estimate of drug-likeness (QED) is 0.738. The lowest BCUT2D eigenvalue weighted by Crippen LogP contribution is -2.46. The highest BCUT2D eigenvalue weighted by Crippen LogP contribution is 2.27. The summed E-state index contributed by atoms with van der Waals surface area (Å²) in [5.74, 6) is 1.08. The highest BCUT2D eigenvalue weighted by molar-refractivity contribution is 7.16. The van der Waals surface area contributed by atoms with Crippen molar-refractivity contribution in [2.45, 2.75) is 13.5 Å². The van der Waals surface area contributed by atoms with Crippen molar-refractivity contribution >= 4 is 38.7 Å². The van der Waals surface area contributed by atoms with Gasteiger partial charge in [-0.2, -0.15) is 0 Å². The number of nitrogens with zero attached hydrogens (tertiary/aromatic N) is 5. The average Bonchev–Trinajstić information content (AvgIpc) is 3.16. The van der Waals surface area contributed by atoms with Gasteiger partial charge in [0, 0.05) is 38.1 Å². The molecule has 3 aromatic rings. The molecule has 1 fully saturated rings. The summed E-state index contributed by atoms with van der Waals surface area (Å²) in [6.45, 7) is 7.12. The number of aryl methyl sites for hydroxylation is 1. The molecule has 1 saturated heterocycles. The lowest BCUT2D eigenvalue weighted by molar-refractivity contribution is 0.247. The summed E-state index contributed by atoms with van der Waals surface area (Å²) in [6, 6.07) is 2.12. The van der Waals surface area contributed by atoms with Gasteiger partial charge in [0.1, 0.15) is 17.0 Å². The van der Waals surface area contributed by atoms with Gasteiger partial charge in [-0.3, -0.25) is 4.90 Å². The van der Waals surface area contributed by atoms with Crippen LogP contribution in [0.15, 0.2) is 23.2 Å². The van der Waals surface area contributed by atoms with Crippen molar-refractivity contribution in [2.24, 2.45) is 0 Å². The van der Waals surface area contributed by atoms with Gasteiger partial charge in [0.25, 0.3) is 0 Å². The predicted molar refractivity (Wildman–Crippen MR) is 91.8 cm³/mol. The molecule has 22 heavy (non-hydrogen) atoms. The van der Waals surface area contributed by atoms with E-state index < -0.39 is 0 Å². The minimum atomic E-state index is 0.954. The van der Waals surface area contributed by atoms with Gasteiger partial charge in [0.15, 0.2) is 0 Å². The fourth-order valence-electron chi connectivity index (χ4n) is 2.86. The standard InChI is InChI=1S/C15H17N5S2/c1-11-18-12(9-22-11)8-19-3-5-20(6-4-19)14-13-2-7-21-15(13)17-10-16-14/h2,7,9-10H,3-6,8H2,1H3. The predicted octanol–water partition coefficient (Wildman–Crippen LogP) is 2.78. The van der Waals surface area contributed by atoms with E-state index in [2.05, 4.69) is 48.5 Å². The molecular weight excluding hydrogens is 314 g/mol. The maximum Gasteiger partial charge on any atom is 0.140 e. The fraction of sp³-hybridized carbons (Fsp3) is 0.400. The Morgan fingerprint density at radius 1 is 1.14 bits per heavy atom. The van der Waals surface area contributed by atoms with Gasteiger partial charge in [-0.25, -0.2) is 15.0 Å². The molecule has 0 radical (unpaired) electrons. The van der Waals surface area contributed by atoms with Crippen LogP contribution in [0.2, 0.25) is 0 Å². The lowest BCUT2D eigenvalue weighted by Gasteiger charge is -2.35. The van der Waals surface area contributed by atoms with E-state index in [4.69, 9.17) is 0 Å². The summed E-state index contributed by atoms with van der Waals surface area (Å²) in [6.07, 6.45) is 1.68. The Balaban J connectivity index is 1.44. The SMILES string of the molecule is Cc1nc(CN2CCN(c3ncnc4sccc34)CC2)cs1. The lowest BCUT2D eigenvalue weighted by atomic mass is 10.2. The van der Waals surface area contributed by atoms with Crippen LogP contribution in [-0.2, 0) is 6.54 Å². The number of thiophene rings is 1. The number of hydrogen-bond donors (Lipinski definition) is 0. The van der Waals surface area contributed by atoms with Crippen LogP contribution in [0.3, 0.4) is 0 Å².